The molecule has 0 spiro atoms. The van der Waals surface area contributed by atoms with Crippen molar-refractivity contribution in [2.45, 2.75) is 19.1 Å². The first kappa shape index (κ1) is 16.4. The van der Waals surface area contributed by atoms with Gasteiger partial charge in [0.2, 0.25) is 0 Å². The Morgan fingerprint density at radius 1 is 1.40 bits per heavy atom. The standard InChI is InChI=1S/C12H15BrN2O5/c1-6(16)10(12(18)15-19)14-11(17)7-3-4-9(20-2)8(13)5-7/h3-6,10,16,19H,1-2H3,(H,14,17)(H,15,18)/t6-,10+/m1/s1. The Morgan fingerprint density at radius 3 is 2.50 bits per heavy atom. The van der Waals surface area contributed by atoms with E-state index in [4.69, 9.17) is 9.94 Å². The van der Waals surface area contributed by atoms with Crippen molar-refractivity contribution in [1.29, 1.82) is 0 Å². The summed E-state index contributed by atoms with van der Waals surface area (Å²) in [6.45, 7) is 1.32. The van der Waals surface area contributed by atoms with Crippen molar-refractivity contribution >= 4 is 27.7 Å². The summed E-state index contributed by atoms with van der Waals surface area (Å²) in [4.78, 5) is 23.3. The summed E-state index contributed by atoms with van der Waals surface area (Å²) in [6, 6.07) is 3.36. The number of halogens is 1. The monoisotopic (exact) mass is 346 g/mol. The maximum Gasteiger partial charge on any atom is 0.268 e. The van der Waals surface area contributed by atoms with Gasteiger partial charge in [-0.05, 0) is 41.1 Å². The zero-order valence-electron chi connectivity index (χ0n) is 10.9. The van der Waals surface area contributed by atoms with Crippen molar-refractivity contribution < 1.29 is 24.6 Å². The van der Waals surface area contributed by atoms with Crippen LogP contribution >= 0.6 is 15.9 Å². The molecular formula is C12H15BrN2O5. The number of hydrogen-bond acceptors (Lipinski definition) is 5. The van der Waals surface area contributed by atoms with Gasteiger partial charge in [0, 0.05) is 5.56 Å². The average molecular weight is 347 g/mol. The summed E-state index contributed by atoms with van der Waals surface area (Å²) in [5, 5.41) is 20.3. The van der Waals surface area contributed by atoms with Gasteiger partial charge < -0.3 is 15.2 Å². The van der Waals surface area contributed by atoms with E-state index in [0.717, 1.165) is 0 Å². The van der Waals surface area contributed by atoms with Crippen LogP contribution in [0.25, 0.3) is 0 Å². The second-order valence-corrected chi connectivity index (χ2v) is 4.87. The van der Waals surface area contributed by atoms with E-state index in [-0.39, 0.29) is 5.56 Å². The Labute approximate surface area is 124 Å². The molecule has 7 nitrogen and oxygen atoms in total. The maximum atomic E-state index is 12.0. The first-order chi connectivity index (χ1) is 9.40. The number of hydrogen-bond donors (Lipinski definition) is 4. The van der Waals surface area contributed by atoms with Gasteiger partial charge in [0.05, 0.1) is 17.7 Å². The van der Waals surface area contributed by atoms with Gasteiger partial charge in [-0.1, -0.05) is 0 Å². The molecular weight excluding hydrogens is 332 g/mol. The molecule has 0 saturated heterocycles. The predicted molar refractivity (Wildman–Crippen MR) is 73.6 cm³/mol. The number of carbonyl (C=O) groups excluding carboxylic acids is 2. The summed E-state index contributed by atoms with van der Waals surface area (Å²) < 4.78 is 5.62. The topological polar surface area (TPSA) is 108 Å². The molecule has 2 amide bonds. The van der Waals surface area contributed by atoms with Crippen molar-refractivity contribution in [1.82, 2.24) is 10.8 Å². The molecule has 0 bridgehead atoms. The Morgan fingerprint density at radius 2 is 2.05 bits per heavy atom. The minimum atomic E-state index is -1.26. The Hall–Kier alpha value is -1.64. The van der Waals surface area contributed by atoms with Crippen LogP contribution in [-0.2, 0) is 4.79 Å². The third-order valence-corrected chi connectivity index (χ3v) is 3.20. The van der Waals surface area contributed by atoms with Gasteiger partial charge in [-0.25, -0.2) is 5.48 Å². The van der Waals surface area contributed by atoms with Gasteiger partial charge in [0.1, 0.15) is 11.8 Å². The Balaban J connectivity index is 2.89. The number of aliphatic hydroxyl groups excluding tert-OH is 1. The Kier molecular flexibility index (Phi) is 5.93. The van der Waals surface area contributed by atoms with E-state index in [0.29, 0.717) is 10.2 Å². The fraction of sp³-hybridized carbons (Fsp3) is 0.333. The number of nitrogens with one attached hydrogen (secondary N) is 2. The minimum Gasteiger partial charge on any atom is -0.496 e. The molecule has 0 saturated carbocycles. The lowest BCUT2D eigenvalue weighted by Gasteiger charge is -2.19. The quantitative estimate of drug-likeness (QED) is 0.457. The first-order valence-electron chi connectivity index (χ1n) is 5.67. The van der Waals surface area contributed by atoms with Crippen LogP contribution in [0.3, 0.4) is 0 Å². The molecule has 2 atom stereocenters. The normalized spacial score (nSPS) is 13.2. The van der Waals surface area contributed by atoms with Crippen LogP contribution in [0.4, 0.5) is 0 Å². The Bertz CT molecular complexity index is 507. The molecule has 8 heteroatoms. The van der Waals surface area contributed by atoms with Crippen LogP contribution in [0.5, 0.6) is 5.75 Å². The van der Waals surface area contributed by atoms with E-state index >= 15 is 0 Å². The smallest absolute Gasteiger partial charge is 0.268 e. The van der Waals surface area contributed by atoms with E-state index < -0.39 is 24.0 Å². The van der Waals surface area contributed by atoms with Crippen LogP contribution in [0, 0.1) is 0 Å². The molecule has 1 aromatic rings. The highest BCUT2D eigenvalue weighted by Gasteiger charge is 2.25. The largest absolute Gasteiger partial charge is 0.496 e. The highest BCUT2D eigenvalue weighted by atomic mass is 79.9. The lowest BCUT2D eigenvalue weighted by molar-refractivity contribution is -0.133. The van der Waals surface area contributed by atoms with Crippen molar-refractivity contribution in [2.24, 2.45) is 0 Å². The van der Waals surface area contributed by atoms with Crippen molar-refractivity contribution in [2.75, 3.05) is 7.11 Å². The number of benzene rings is 1. The molecule has 0 fully saturated rings. The van der Waals surface area contributed by atoms with Crippen LogP contribution in [0.15, 0.2) is 22.7 Å². The van der Waals surface area contributed by atoms with Crippen LogP contribution in [-0.4, -0.2) is 41.4 Å². The van der Waals surface area contributed by atoms with Gasteiger partial charge in [-0.15, -0.1) is 0 Å². The number of rotatable bonds is 5. The third kappa shape index (κ3) is 3.92. The number of amides is 2. The fourth-order valence-electron chi connectivity index (χ4n) is 1.51. The maximum absolute atomic E-state index is 12.0. The molecule has 0 aliphatic rings. The van der Waals surface area contributed by atoms with Crippen LogP contribution < -0.4 is 15.5 Å². The van der Waals surface area contributed by atoms with Gasteiger partial charge in [0.15, 0.2) is 0 Å². The molecule has 20 heavy (non-hydrogen) atoms. The molecule has 1 rings (SSSR count). The van der Waals surface area contributed by atoms with E-state index in [1.165, 1.54) is 31.6 Å². The highest BCUT2D eigenvalue weighted by molar-refractivity contribution is 9.10. The van der Waals surface area contributed by atoms with Crippen LogP contribution in [0.2, 0.25) is 0 Å². The second-order valence-electron chi connectivity index (χ2n) is 4.02. The summed E-state index contributed by atoms with van der Waals surface area (Å²) in [5.41, 5.74) is 1.66. The molecule has 0 radical (unpaired) electrons. The summed E-state index contributed by atoms with van der Waals surface area (Å²) in [6.07, 6.45) is -1.16. The molecule has 1 aromatic carbocycles. The van der Waals surface area contributed by atoms with Crippen molar-refractivity contribution in [3.63, 3.8) is 0 Å². The van der Waals surface area contributed by atoms with E-state index in [2.05, 4.69) is 21.2 Å². The summed E-state index contributed by atoms with van der Waals surface area (Å²) >= 11 is 3.24. The molecule has 0 unspecified atom stereocenters. The van der Waals surface area contributed by atoms with Gasteiger partial charge in [-0.3, -0.25) is 14.8 Å². The fourth-order valence-corrected chi connectivity index (χ4v) is 2.05. The van der Waals surface area contributed by atoms with Gasteiger partial charge in [-0.2, -0.15) is 0 Å². The number of ether oxygens (including phenoxy) is 1. The molecule has 0 aliphatic carbocycles. The van der Waals surface area contributed by atoms with Gasteiger partial charge in [0.25, 0.3) is 11.8 Å². The summed E-state index contributed by atoms with van der Waals surface area (Å²) in [5.74, 6) is -0.912. The molecule has 4 N–H and O–H groups in total. The average Bonchev–Trinajstić information content (AvgIpc) is 2.43. The third-order valence-electron chi connectivity index (χ3n) is 2.58. The number of aliphatic hydroxyl groups is 1. The molecule has 0 aliphatic heterocycles. The van der Waals surface area contributed by atoms with Crippen LogP contribution in [0.1, 0.15) is 17.3 Å². The lowest BCUT2D eigenvalue weighted by Crippen LogP contribution is -2.51. The predicted octanol–water partition coefficient (Wildman–Crippen LogP) is 0.442. The lowest BCUT2D eigenvalue weighted by atomic mass is 10.1. The van der Waals surface area contributed by atoms with E-state index in [9.17, 15) is 14.7 Å². The van der Waals surface area contributed by atoms with Gasteiger partial charge >= 0.3 is 0 Å². The molecule has 0 heterocycles. The molecule has 110 valence electrons. The summed E-state index contributed by atoms with van der Waals surface area (Å²) in [7, 11) is 1.49. The van der Waals surface area contributed by atoms with Crippen molar-refractivity contribution in [3.05, 3.63) is 28.2 Å². The molecule has 0 aromatic heterocycles. The number of carbonyl (C=O) groups is 2. The zero-order valence-corrected chi connectivity index (χ0v) is 12.5. The minimum absolute atomic E-state index is 0.272. The highest BCUT2D eigenvalue weighted by Crippen LogP contribution is 2.25. The van der Waals surface area contributed by atoms with Crippen molar-refractivity contribution in [3.8, 4) is 5.75 Å². The van der Waals surface area contributed by atoms with E-state index in [1.54, 1.807) is 6.07 Å². The zero-order chi connectivity index (χ0) is 15.3. The number of hydroxylamine groups is 1. The first-order valence-corrected chi connectivity index (χ1v) is 6.46. The van der Waals surface area contributed by atoms with E-state index in [1.807, 2.05) is 0 Å². The second kappa shape index (κ2) is 7.22. The SMILES string of the molecule is COc1ccc(C(=O)N[C@H](C(=O)NO)[C@@H](C)O)cc1Br. The number of methoxy groups -OCH3 is 1.